The molecule has 1 amide bonds. The van der Waals surface area contributed by atoms with E-state index in [9.17, 15) is 9.59 Å². The number of amides is 1. The van der Waals surface area contributed by atoms with Crippen LogP contribution in [0.25, 0.3) is 22.6 Å². The van der Waals surface area contributed by atoms with E-state index in [2.05, 4.69) is 10.3 Å². The van der Waals surface area contributed by atoms with Crippen LogP contribution < -0.4 is 5.32 Å². The molecule has 4 rings (SSSR count). The fourth-order valence-corrected chi connectivity index (χ4v) is 4.07. The average molecular weight is 433 g/mol. The molecular weight excluding hydrogens is 412 g/mol. The number of nitrogens with zero attached hydrogens (tertiary/aromatic N) is 1. The molecule has 0 aliphatic rings. The van der Waals surface area contributed by atoms with Gasteiger partial charge in [-0.2, -0.15) is 0 Å². The molecule has 7 heteroatoms. The normalized spacial score (nSPS) is 11.8. The van der Waals surface area contributed by atoms with Gasteiger partial charge < -0.3 is 14.5 Å². The summed E-state index contributed by atoms with van der Waals surface area (Å²) >= 11 is 1.29. The van der Waals surface area contributed by atoms with Gasteiger partial charge >= 0.3 is 5.97 Å². The Morgan fingerprint density at radius 3 is 2.45 bits per heavy atom. The van der Waals surface area contributed by atoms with Crippen molar-refractivity contribution in [3.05, 3.63) is 78.4 Å². The van der Waals surface area contributed by atoms with Gasteiger partial charge in [0.1, 0.15) is 10.8 Å². The Bertz CT molecular complexity index is 1200. The van der Waals surface area contributed by atoms with Gasteiger partial charge in [0.2, 0.25) is 5.89 Å². The molecule has 0 aliphatic heterocycles. The number of aromatic nitrogens is 1. The van der Waals surface area contributed by atoms with Gasteiger partial charge in [0, 0.05) is 16.1 Å². The van der Waals surface area contributed by atoms with E-state index in [4.69, 9.17) is 9.15 Å². The standard InChI is InChI=1S/C24H20N2O4S/c1-15(24(28)29-2)31-21-10-6-3-7-18(21)22(27)25-17-13-11-16(12-14-17)23-26-19-8-4-5-9-20(19)30-23/h3-15H,1-2H3,(H,25,27). The van der Waals surface area contributed by atoms with Gasteiger partial charge in [-0.25, -0.2) is 4.98 Å². The number of benzene rings is 3. The van der Waals surface area contributed by atoms with Crippen LogP contribution in [-0.4, -0.2) is 29.2 Å². The molecule has 4 aromatic rings. The number of carbonyl (C=O) groups excluding carboxylic acids is 2. The molecule has 0 radical (unpaired) electrons. The number of rotatable bonds is 6. The summed E-state index contributed by atoms with van der Waals surface area (Å²) in [6, 6.07) is 22.0. The molecule has 0 bridgehead atoms. The van der Waals surface area contributed by atoms with Crippen molar-refractivity contribution >= 4 is 40.4 Å². The largest absolute Gasteiger partial charge is 0.468 e. The zero-order valence-electron chi connectivity index (χ0n) is 17.0. The van der Waals surface area contributed by atoms with Gasteiger partial charge in [-0.3, -0.25) is 9.59 Å². The number of para-hydroxylation sites is 2. The molecule has 3 aromatic carbocycles. The van der Waals surface area contributed by atoms with Crippen LogP contribution in [0.15, 0.2) is 82.1 Å². The maximum absolute atomic E-state index is 12.9. The number of hydrogen-bond donors (Lipinski definition) is 1. The number of hydrogen-bond acceptors (Lipinski definition) is 6. The van der Waals surface area contributed by atoms with Crippen molar-refractivity contribution in [3.63, 3.8) is 0 Å². The van der Waals surface area contributed by atoms with Crippen LogP contribution in [0.1, 0.15) is 17.3 Å². The van der Waals surface area contributed by atoms with Crippen LogP contribution >= 0.6 is 11.8 Å². The topological polar surface area (TPSA) is 81.4 Å². The van der Waals surface area contributed by atoms with Crippen molar-refractivity contribution in [3.8, 4) is 11.5 Å². The molecule has 6 nitrogen and oxygen atoms in total. The van der Waals surface area contributed by atoms with Crippen LogP contribution in [0, 0.1) is 0 Å². The summed E-state index contributed by atoms with van der Waals surface area (Å²) in [6.07, 6.45) is 0. The number of esters is 1. The van der Waals surface area contributed by atoms with Gasteiger partial charge in [-0.15, -0.1) is 11.8 Å². The van der Waals surface area contributed by atoms with E-state index in [0.29, 0.717) is 22.0 Å². The Morgan fingerprint density at radius 2 is 1.71 bits per heavy atom. The van der Waals surface area contributed by atoms with Gasteiger partial charge in [-0.05, 0) is 55.5 Å². The second-order valence-electron chi connectivity index (χ2n) is 6.80. The zero-order valence-corrected chi connectivity index (χ0v) is 17.8. The minimum absolute atomic E-state index is 0.255. The van der Waals surface area contributed by atoms with Gasteiger partial charge in [0.25, 0.3) is 5.91 Å². The minimum atomic E-state index is -0.422. The molecule has 1 N–H and O–H groups in total. The lowest BCUT2D eigenvalue weighted by molar-refractivity contribution is -0.139. The summed E-state index contributed by atoms with van der Waals surface area (Å²) in [7, 11) is 1.35. The molecule has 0 saturated heterocycles. The minimum Gasteiger partial charge on any atom is -0.468 e. The molecule has 1 atom stereocenters. The third kappa shape index (κ3) is 4.62. The van der Waals surface area contributed by atoms with Crippen molar-refractivity contribution in [2.75, 3.05) is 12.4 Å². The first-order chi connectivity index (χ1) is 15.0. The molecule has 31 heavy (non-hydrogen) atoms. The zero-order chi connectivity index (χ0) is 21.8. The number of methoxy groups -OCH3 is 1. The molecule has 0 fully saturated rings. The van der Waals surface area contributed by atoms with Crippen LogP contribution in [0.2, 0.25) is 0 Å². The van der Waals surface area contributed by atoms with E-state index in [1.54, 1.807) is 31.2 Å². The SMILES string of the molecule is COC(=O)C(C)Sc1ccccc1C(=O)Nc1ccc(-c2nc3ccccc3o2)cc1. The van der Waals surface area contributed by atoms with E-state index in [0.717, 1.165) is 16.7 Å². The molecule has 156 valence electrons. The average Bonchev–Trinajstić information content (AvgIpc) is 3.23. The smallest absolute Gasteiger partial charge is 0.318 e. The van der Waals surface area contributed by atoms with E-state index < -0.39 is 5.25 Å². The van der Waals surface area contributed by atoms with Crippen LogP contribution in [-0.2, 0) is 9.53 Å². The highest BCUT2D eigenvalue weighted by atomic mass is 32.2. The van der Waals surface area contributed by atoms with Crippen LogP contribution in [0.5, 0.6) is 0 Å². The lowest BCUT2D eigenvalue weighted by atomic mass is 10.2. The summed E-state index contributed by atoms with van der Waals surface area (Å²) in [4.78, 5) is 29.8. The lowest BCUT2D eigenvalue weighted by Crippen LogP contribution is -2.17. The maximum Gasteiger partial charge on any atom is 0.318 e. The Hall–Kier alpha value is -3.58. The van der Waals surface area contributed by atoms with Crippen molar-refractivity contribution in [2.24, 2.45) is 0 Å². The summed E-state index contributed by atoms with van der Waals surface area (Å²) < 4.78 is 10.6. The summed E-state index contributed by atoms with van der Waals surface area (Å²) in [5.74, 6) is -0.0672. The monoisotopic (exact) mass is 432 g/mol. The fourth-order valence-electron chi connectivity index (χ4n) is 3.05. The quantitative estimate of drug-likeness (QED) is 0.324. The Kier molecular flexibility index (Phi) is 6.04. The second kappa shape index (κ2) is 9.06. The first-order valence-electron chi connectivity index (χ1n) is 9.66. The number of oxazole rings is 1. The third-order valence-corrected chi connectivity index (χ3v) is 5.81. The highest BCUT2D eigenvalue weighted by Gasteiger charge is 2.19. The molecule has 0 spiro atoms. The molecular formula is C24H20N2O4S. The van der Waals surface area contributed by atoms with Crippen molar-refractivity contribution in [1.29, 1.82) is 0 Å². The number of anilines is 1. The van der Waals surface area contributed by atoms with E-state index in [1.807, 2.05) is 48.5 Å². The second-order valence-corrected chi connectivity index (χ2v) is 8.18. The first kappa shape index (κ1) is 20.7. The predicted octanol–water partition coefficient (Wildman–Crippen LogP) is 5.40. The molecule has 1 heterocycles. The summed E-state index contributed by atoms with van der Waals surface area (Å²) in [6.45, 7) is 1.75. The van der Waals surface area contributed by atoms with Crippen LogP contribution in [0.3, 0.4) is 0 Å². The Morgan fingerprint density at radius 1 is 1.00 bits per heavy atom. The first-order valence-corrected chi connectivity index (χ1v) is 10.5. The van der Waals surface area contributed by atoms with E-state index in [-0.39, 0.29) is 11.9 Å². The van der Waals surface area contributed by atoms with E-state index in [1.165, 1.54) is 18.9 Å². The molecule has 1 unspecified atom stereocenters. The van der Waals surface area contributed by atoms with E-state index >= 15 is 0 Å². The molecule has 1 aromatic heterocycles. The van der Waals surface area contributed by atoms with Gasteiger partial charge in [0.15, 0.2) is 5.58 Å². The highest BCUT2D eigenvalue weighted by Crippen LogP contribution is 2.29. The number of nitrogens with one attached hydrogen (secondary N) is 1. The molecule has 0 saturated carbocycles. The predicted molar refractivity (Wildman–Crippen MR) is 121 cm³/mol. The van der Waals surface area contributed by atoms with Crippen molar-refractivity contribution in [1.82, 2.24) is 4.98 Å². The summed E-state index contributed by atoms with van der Waals surface area (Å²) in [5.41, 5.74) is 3.48. The Balaban J connectivity index is 1.50. The number of ether oxygens (including phenoxy) is 1. The summed E-state index contributed by atoms with van der Waals surface area (Å²) in [5, 5.41) is 2.48. The van der Waals surface area contributed by atoms with Gasteiger partial charge in [0.05, 0.1) is 12.7 Å². The van der Waals surface area contributed by atoms with Crippen molar-refractivity contribution < 1.29 is 18.7 Å². The fraction of sp³-hybridized carbons (Fsp3) is 0.125. The maximum atomic E-state index is 12.9. The van der Waals surface area contributed by atoms with Gasteiger partial charge in [-0.1, -0.05) is 24.3 Å². The third-order valence-electron chi connectivity index (χ3n) is 4.65. The lowest BCUT2D eigenvalue weighted by Gasteiger charge is -2.13. The van der Waals surface area contributed by atoms with Crippen LogP contribution in [0.4, 0.5) is 5.69 Å². The highest BCUT2D eigenvalue weighted by molar-refractivity contribution is 8.00. The Labute approximate surface area is 183 Å². The number of carbonyl (C=O) groups is 2. The molecule has 0 aliphatic carbocycles. The van der Waals surface area contributed by atoms with Crippen molar-refractivity contribution in [2.45, 2.75) is 17.1 Å². The number of fused-ring (bicyclic) bond motifs is 1. The number of thioether (sulfide) groups is 1.